The molecule has 0 saturated carbocycles. The Morgan fingerprint density at radius 1 is 1.57 bits per heavy atom. The molecule has 2 rings (SSSR count). The molecular formula is C10H12N2O2. The minimum Gasteiger partial charge on any atom is -0.310 e. The normalized spacial score (nSPS) is 20.2. The van der Waals surface area contributed by atoms with Crippen LogP contribution in [0.3, 0.4) is 0 Å². The van der Waals surface area contributed by atoms with Gasteiger partial charge in [0.1, 0.15) is 0 Å². The summed E-state index contributed by atoms with van der Waals surface area (Å²) in [5, 5.41) is 13.9. The number of hydrogen-bond donors (Lipinski definition) is 1. The van der Waals surface area contributed by atoms with Gasteiger partial charge in [-0.25, -0.2) is 0 Å². The van der Waals surface area contributed by atoms with E-state index in [2.05, 4.69) is 12.2 Å². The van der Waals surface area contributed by atoms with Crippen LogP contribution in [0.4, 0.5) is 5.69 Å². The molecule has 0 amide bonds. The van der Waals surface area contributed by atoms with Crippen molar-refractivity contribution in [1.29, 1.82) is 0 Å². The molecule has 0 aliphatic carbocycles. The van der Waals surface area contributed by atoms with Crippen molar-refractivity contribution in [2.24, 2.45) is 0 Å². The van der Waals surface area contributed by atoms with Gasteiger partial charge in [0.15, 0.2) is 0 Å². The first kappa shape index (κ1) is 9.15. The monoisotopic (exact) mass is 192 g/mol. The Bertz CT molecular complexity index is 376. The van der Waals surface area contributed by atoms with Gasteiger partial charge in [0.25, 0.3) is 5.69 Å². The smallest absolute Gasteiger partial charge is 0.269 e. The van der Waals surface area contributed by atoms with Crippen LogP contribution in [0, 0.1) is 10.1 Å². The topological polar surface area (TPSA) is 55.2 Å². The second-order valence-corrected chi connectivity index (χ2v) is 3.57. The third kappa shape index (κ3) is 1.48. The lowest BCUT2D eigenvalue weighted by molar-refractivity contribution is -0.384. The Hall–Kier alpha value is -1.42. The average molecular weight is 192 g/mol. The fourth-order valence-electron chi connectivity index (χ4n) is 1.88. The van der Waals surface area contributed by atoms with Crippen molar-refractivity contribution in [3.05, 3.63) is 39.4 Å². The van der Waals surface area contributed by atoms with Gasteiger partial charge in [-0.2, -0.15) is 0 Å². The van der Waals surface area contributed by atoms with E-state index in [0.717, 1.165) is 18.5 Å². The number of hydrogen-bond acceptors (Lipinski definition) is 3. The lowest BCUT2D eigenvalue weighted by atomic mass is 9.95. The van der Waals surface area contributed by atoms with Gasteiger partial charge in [-0.15, -0.1) is 0 Å². The summed E-state index contributed by atoms with van der Waals surface area (Å²) in [7, 11) is 0. The zero-order valence-electron chi connectivity index (χ0n) is 7.99. The van der Waals surface area contributed by atoms with Gasteiger partial charge >= 0.3 is 0 Å². The largest absolute Gasteiger partial charge is 0.310 e. The SMILES string of the molecule is CC1NCCc2cc([N+](=O)[O-])ccc21. The van der Waals surface area contributed by atoms with E-state index in [1.807, 2.05) is 6.07 Å². The van der Waals surface area contributed by atoms with Crippen molar-refractivity contribution in [3.63, 3.8) is 0 Å². The third-order valence-electron chi connectivity index (χ3n) is 2.65. The highest BCUT2D eigenvalue weighted by molar-refractivity contribution is 5.42. The van der Waals surface area contributed by atoms with Crippen molar-refractivity contribution < 1.29 is 4.92 Å². The predicted molar refractivity (Wildman–Crippen MR) is 53.2 cm³/mol. The minimum atomic E-state index is -0.340. The van der Waals surface area contributed by atoms with E-state index in [-0.39, 0.29) is 10.6 Å². The maximum atomic E-state index is 10.6. The fourth-order valence-corrected chi connectivity index (χ4v) is 1.88. The number of nitro groups is 1. The van der Waals surface area contributed by atoms with E-state index in [0.29, 0.717) is 6.04 Å². The summed E-state index contributed by atoms with van der Waals surface area (Å²) in [5.41, 5.74) is 2.48. The number of rotatable bonds is 1. The Morgan fingerprint density at radius 2 is 2.36 bits per heavy atom. The van der Waals surface area contributed by atoms with E-state index in [9.17, 15) is 10.1 Å². The van der Waals surface area contributed by atoms with Crippen LogP contribution in [0.5, 0.6) is 0 Å². The van der Waals surface area contributed by atoms with E-state index < -0.39 is 0 Å². The summed E-state index contributed by atoms with van der Waals surface area (Å²) in [6.45, 7) is 2.97. The molecule has 0 spiro atoms. The number of non-ortho nitro benzene ring substituents is 1. The molecule has 0 fully saturated rings. The Morgan fingerprint density at radius 3 is 3.07 bits per heavy atom. The van der Waals surface area contributed by atoms with Crippen molar-refractivity contribution in [1.82, 2.24) is 5.32 Å². The first-order valence-corrected chi connectivity index (χ1v) is 4.69. The molecule has 1 aromatic rings. The molecule has 1 heterocycles. The minimum absolute atomic E-state index is 0.192. The van der Waals surface area contributed by atoms with E-state index in [1.54, 1.807) is 12.1 Å². The lowest BCUT2D eigenvalue weighted by Crippen LogP contribution is -2.27. The lowest BCUT2D eigenvalue weighted by Gasteiger charge is -2.23. The highest BCUT2D eigenvalue weighted by Gasteiger charge is 2.18. The van der Waals surface area contributed by atoms with Crippen LogP contribution in [0.25, 0.3) is 0 Å². The average Bonchev–Trinajstić information content (AvgIpc) is 2.17. The van der Waals surface area contributed by atoms with Gasteiger partial charge in [-0.3, -0.25) is 10.1 Å². The van der Waals surface area contributed by atoms with Crippen LogP contribution in [-0.4, -0.2) is 11.5 Å². The van der Waals surface area contributed by atoms with Gasteiger partial charge in [0.2, 0.25) is 0 Å². The van der Waals surface area contributed by atoms with Gasteiger partial charge in [-0.05, 0) is 31.0 Å². The molecule has 4 heteroatoms. The molecule has 0 aromatic heterocycles. The molecule has 0 saturated heterocycles. The fraction of sp³-hybridized carbons (Fsp3) is 0.400. The molecule has 1 aliphatic rings. The van der Waals surface area contributed by atoms with Crippen molar-refractivity contribution in [2.45, 2.75) is 19.4 Å². The number of benzene rings is 1. The molecular weight excluding hydrogens is 180 g/mol. The Balaban J connectivity index is 2.44. The van der Waals surface area contributed by atoms with Gasteiger partial charge in [0, 0.05) is 18.2 Å². The summed E-state index contributed by atoms with van der Waals surface area (Å²) in [6.07, 6.45) is 0.876. The summed E-state index contributed by atoms with van der Waals surface area (Å²) in [6, 6.07) is 5.42. The van der Waals surface area contributed by atoms with Crippen molar-refractivity contribution in [3.8, 4) is 0 Å². The van der Waals surface area contributed by atoms with Gasteiger partial charge in [-0.1, -0.05) is 6.07 Å². The summed E-state index contributed by atoms with van der Waals surface area (Å²) in [5.74, 6) is 0. The van der Waals surface area contributed by atoms with Crippen LogP contribution in [-0.2, 0) is 6.42 Å². The molecule has 4 nitrogen and oxygen atoms in total. The second-order valence-electron chi connectivity index (χ2n) is 3.57. The second kappa shape index (κ2) is 3.38. The van der Waals surface area contributed by atoms with Crippen LogP contribution in [0.1, 0.15) is 24.1 Å². The summed E-state index contributed by atoms with van der Waals surface area (Å²) < 4.78 is 0. The molecule has 1 aliphatic heterocycles. The van der Waals surface area contributed by atoms with Crippen molar-refractivity contribution in [2.75, 3.05) is 6.54 Å². The highest BCUT2D eigenvalue weighted by atomic mass is 16.6. The van der Waals surface area contributed by atoms with E-state index in [1.165, 1.54) is 5.56 Å². The number of nitrogens with one attached hydrogen (secondary N) is 1. The van der Waals surface area contributed by atoms with E-state index >= 15 is 0 Å². The third-order valence-corrected chi connectivity index (χ3v) is 2.65. The molecule has 1 N–H and O–H groups in total. The quantitative estimate of drug-likeness (QED) is 0.545. The standard InChI is InChI=1S/C10H12N2O2/c1-7-10-3-2-9(12(13)14)6-8(10)4-5-11-7/h2-3,6-7,11H,4-5H2,1H3. The van der Waals surface area contributed by atoms with Crippen LogP contribution < -0.4 is 5.32 Å². The Labute approximate surface area is 82.1 Å². The maximum absolute atomic E-state index is 10.6. The molecule has 1 atom stereocenters. The Kier molecular flexibility index (Phi) is 2.21. The van der Waals surface area contributed by atoms with Crippen LogP contribution >= 0.6 is 0 Å². The van der Waals surface area contributed by atoms with Crippen molar-refractivity contribution >= 4 is 5.69 Å². The van der Waals surface area contributed by atoms with Crippen LogP contribution in [0.2, 0.25) is 0 Å². The number of fused-ring (bicyclic) bond motifs is 1. The molecule has 0 radical (unpaired) electrons. The molecule has 14 heavy (non-hydrogen) atoms. The van der Waals surface area contributed by atoms with Crippen LogP contribution in [0.15, 0.2) is 18.2 Å². The van der Waals surface area contributed by atoms with Gasteiger partial charge < -0.3 is 5.32 Å². The summed E-state index contributed by atoms with van der Waals surface area (Å²) >= 11 is 0. The summed E-state index contributed by atoms with van der Waals surface area (Å²) in [4.78, 5) is 10.2. The zero-order chi connectivity index (χ0) is 10.1. The first-order valence-electron chi connectivity index (χ1n) is 4.69. The molecule has 0 bridgehead atoms. The number of nitrogens with zero attached hydrogens (tertiary/aromatic N) is 1. The highest BCUT2D eigenvalue weighted by Crippen LogP contribution is 2.25. The molecule has 74 valence electrons. The first-order chi connectivity index (χ1) is 6.68. The predicted octanol–water partition coefficient (Wildman–Crippen LogP) is 1.80. The van der Waals surface area contributed by atoms with E-state index in [4.69, 9.17) is 0 Å². The molecule has 1 unspecified atom stereocenters. The van der Waals surface area contributed by atoms with Gasteiger partial charge in [0.05, 0.1) is 4.92 Å². The number of nitro benzene ring substituents is 1. The maximum Gasteiger partial charge on any atom is 0.269 e. The molecule has 1 aromatic carbocycles. The zero-order valence-corrected chi connectivity index (χ0v) is 7.99.